The van der Waals surface area contributed by atoms with Gasteiger partial charge in [0.15, 0.2) is 0 Å². The lowest BCUT2D eigenvalue weighted by atomic mass is 10.2. The van der Waals surface area contributed by atoms with Crippen molar-refractivity contribution < 1.29 is 0 Å². The third-order valence-electron chi connectivity index (χ3n) is 3.33. The van der Waals surface area contributed by atoms with Gasteiger partial charge >= 0.3 is 0 Å². The largest absolute Gasteiger partial charge is 0.320 e. The topological polar surface area (TPSA) is 30.7 Å². The minimum atomic E-state index is -0.122. The predicted molar refractivity (Wildman–Crippen MR) is 84.7 cm³/mol. The molecular weight excluding hydrogens is 290 g/mol. The molecule has 0 aliphatic carbocycles. The molecule has 0 aliphatic heterocycles. The molecule has 5 heteroatoms. The van der Waals surface area contributed by atoms with Crippen molar-refractivity contribution in [3.63, 3.8) is 0 Å². The molecule has 0 spiro atoms. The van der Waals surface area contributed by atoms with Crippen LogP contribution in [0.5, 0.6) is 0 Å². The number of benzene rings is 1. The van der Waals surface area contributed by atoms with Gasteiger partial charge < -0.3 is 4.57 Å². The van der Waals surface area contributed by atoms with E-state index < -0.39 is 0 Å². The van der Waals surface area contributed by atoms with Gasteiger partial charge in [-0.05, 0) is 32.4 Å². The molecule has 1 aromatic carbocycles. The summed E-state index contributed by atoms with van der Waals surface area (Å²) >= 11 is 7.98. The molecule has 20 heavy (non-hydrogen) atoms. The fourth-order valence-electron chi connectivity index (χ4n) is 2.39. The number of nitrogens with zero attached hydrogens (tertiary/aromatic N) is 3. The van der Waals surface area contributed by atoms with Crippen molar-refractivity contribution >= 4 is 34.0 Å². The maximum absolute atomic E-state index is 6.30. The maximum atomic E-state index is 6.30. The van der Waals surface area contributed by atoms with Crippen LogP contribution in [0.2, 0.25) is 0 Å². The molecule has 104 valence electrons. The van der Waals surface area contributed by atoms with Gasteiger partial charge in [-0.25, -0.2) is 9.97 Å². The van der Waals surface area contributed by atoms with Gasteiger partial charge in [-0.15, -0.1) is 22.9 Å². The molecule has 0 fully saturated rings. The molecule has 3 aromatic rings. The van der Waals surface area contributed by atoms with E-state index >= 15 is 0 Å². The van der Waals surface area contributed by atoms with Crippen molar-refractivity contribution in [3.8, 4) is 0 Å². The van der Waals surface area contributed by atoms with Crippen molar-refractivity contribution in [2.24, 2.45) is 0 Å². The first-order valence-electron chi connectivity index (χ1n) is 6.57. The Labute approximate surface area is 127 Å². The monoisotopic (exact) mass is 305 g/mol. The van der Waals surface area contributed by atoms with Crippen LogP contribution in [-0.4, -0.2) is 14.5 Å². The van der Waals surface area contributed by atoms with Gasteiger partial charge in [0.25, 0.3) is 0 Å². The molecule has 0 saturated carbocycles. The molecule has 0 bridgehead atoms. The number of imidazole rings is 1. The number of hydrogen-bond acceptors (Lipinski definition) is 3. The lowest BCUT2D eigenvalue weighted by molar-refractivity contribution is 0.737. The highest BCUT2D eigenvalue weighted by Crippen LogP contribution is 2.27. The van der Waals surface area contributed by atoms with E-state index in [1.165, 1.54) is 5.56 Å². The lowest BCUT2D eigenvalue weighted by Gasteiger charge is -2.08. The molecule has 0 saturated heterocycles. The molecule has 1 atom stereocenters. The molecule has 0 N–H and O–H groups in total. The first kappa shape index (κ1) is 13.6. The van der Waals surface area contributed by atoms with Crippen LogP contribution in [-0.2, 0) is 6.54 Å². The zero-order valence-electron chi connectivity index (χ0n) is 11.7. The number of halogens is 1. The van der Waals surface area contributed by atoms with Gasteiger partial charge in [0.05, 0.1) is 23.0 Å². The van der Waals surface area contributed by atoms with Gasteiger partial charge in [0.1, 0.15) is 10.8 Å². The summed E-state index contributed by atoms with van der Waals surface area (Å²) < 4.78 is 2.18. The van der Waals surface area contributed by atoms with Crippen LogP contribution in [0.1, 0.15) is 34.4 Å². The summed E-state index contributed by atoms with van der Waals surface area (Å²) in [6, 6.07) is 6.24. The summed E-state index contributed by atoms with van der Waals surface area (Å²) in [6.45, 7) is 6.78. The van der Waals surface area contributed by atoms with Crippen molar-refractivity contribution in [1.82, 2.24) is 14.5 Å². The highest BCUT2D eigenvalue weighted by atomic mass is 35.5. The zero-order valence-corrected chi connectivity index (χ0v) is 13.3. The Kier molecular flexibility index (Phi) is 3.52. The minimum Gasteiger partial charge on any atom is -0.320 e. The van der Waals surface area contributed by atoms with Crippen LogP contribution < -0.4 is 0 Å². The maximum Gasteiger partial charge on any atom is 0.128 e. The van der Waals surface area contributed by atoms with Crippen LogP contribution in [0.15, 0.2) is 23.6 Å². The van der Waals surface area contributed by atoms with Crippen LogP contribution in [0, 0.1) is 13.8 Å². The fourth-order valence-corrected chi connectivity index (χ4v) is 3.31. The SMILES string of the molecule is Cc1csc(Cn2c(C(C)Cl)nc3c(C)cccc32)n1. The summed E-state index contributed by atoms with van der Waals surface area (Å²) in [7, 11) is 0. The highest BCUT2D eigenvalue weighted by molar-refractivity contribution is 7.09. The van der Waals surface area contributed by atoms with E-state index in [-0.39, 0.29) is 5.38 Å². The zero-order chi connectivity index (χ0) is 14.3. The Morgan fingerprint density at radius 2 is 2.10 bits per heavy atom. The Hall–Kier alpha value is -1.39. The van der Waals surface area contributed by atoms with E-state index in [4.69, 9.17) is 16.6 Å². The van der Waals surface area contributed by atoms with Gasteiger partial charge in [0.2, 0.25) is 0 Å². The average Bonchev–Trinajstić information content (AvgIpc) is 2.96. The second-order valence-electron chi connectivity index (χ2n) is 5.00. The summed E-state index contributed by atoms with van der Waals surface area (Å²) in [6.07, 6.45) is 0. The molecule has 0 radical (unpaired) electrons. The molecule has 2 aromatic heterocycles. The summed E-state index contributed by atoms with van der Waals surface area (Å²) in [5.41, 5.74) is 4.39. The lowest BCUT2D eigenvalue weighted by Crippen LogP contribution is -2.05. The number of rotatable bonds is 3. The molecule has 2 heterocycles. The Morgan fingerprint density at radius 3 is 2.75 bits per heavy atom. The van der Waals surface area contributed by atoms with Crippen LogP contribution in [0.25, 0.3) is 11.0 Å². The molecule has 0 aliphatic rings. The number of alkyl halides is 1. The van der Waals surface area contributed by atoms with E-state index in [9.17, 15) is 0 Å². The first-order valence-corrected chi connectivity index (χ1v) is 7.88. The first-order chi connectivity index (χ1) is 9.56. The smallest absolute Gasteiger partial charge is 0.128 e. The number of thiazole rings is 1. The van der Waals surface area contributed by atoms with E-state index in [2.05, 4.69) is 40.1 Å². The third kappa shape index (κ3) is 2.34. The normalized spacial score (nSPS) is 13.0. The highest BCUT2D eigenvalue weighted by Gasteiger charge is 2.17. The number of aryl methyl sites for hydroxylation is 2. The van der Waals surface area contributed by atoms with E-state index in [0.29, 0.717) is 0 Å². The minimum absolute atomic E-state index is 0.122. The Bertz CT molecular complexity index is 758. The summed E-state index contributed by atoms with van der Waals surface area (Å²) in [5.74, 6) is 0.906. The van der Waals surface area contributed by atoms with Gasteiger partial charge in [0, 0.05) is 11.1 Å². The van der Waals surface area contributed by atoms with Gasteiger partial charge in [-0.2, -0.15) is 0 Å². The van der Waals surface area contributed by atoms with E-state index in [0.717, 1.165) is 34.1 Å². The molecular formula is C15H16ClN3S. The quantitative estimate of drug-likeness (QED) is 0.669. The van der Waals surface area contributed by atoms with Crippen molar-refractivity contribution in [2.75, 3.05) is 0 Å². The predicted octanol–water partition coefficient (Wildman–Crippen LogP) is 4.46. The summed E-state index contributed by atoms with van der Waals surface area (Å²) in [4.78, 5) is 9.26. The number of fused-ring (bicyclic) bond motifs is 1. The summed E-state index contributed by atoms with van der Waals surface area (Å²) in [5, 5.41) is 3.04. The molecule has 3 nitrogen and oxygen atoms in total. The standard InChI is InChI=1S/C15H16ClN3S/c1-9-5-4-6-12-14(9)18-15(11(3)16)19(12)7-13-17-10(2)8-20-13/h4-6,8,11H,7H2,1-3H3. The Morgan fingerprint density at radius 1 is 1.30 bits per heavy atom. The van der Waals surface area contributed by atoms with Gasteiger partial charge in [-0.1, -0.05) is 12.1 Å². The molecule has 0 amide bonds. The third-order valence-corrected chi connectivity index (χ3v) is 4.47. The Balaban J connectivity index is 2.16. The van der Waals surface area contributed by atoms with E-state index in [1.807, 2.05) is 13.8 Å². The number of para-hydroxylation sites is 1. The van der Waals surface area contributed by atoms with Gasteiger partial charge in [-0.3, -0.25) is 0 Å². The van der Waals surface area contributed by atoms with E-state index in [1.54, 1.807) is 11.3 Å². The van der Waals surface area contributed by atoms with Crippen LogP contribution >= 0.6 is 22.9 Å². The fraction of sp³-hybridized carbons (Fsp3) is 0.333. The van der Waals surface area contributed by atoms with Crippen molar-refractivity contribution in [2.45, 2.75) is 32.7 Å². The molecule has 1 unspecified atom stereocenters. The average molecular weight is 306 g/mol. The number of aromatic nitrogens is 3. The van der Waals surface area contributed by atoms with Crippen molar-refractivity contribution in [3.05, 3.63) is 45.7 Å². The second-order valence-corrected chi connectivity index (χ2v) is 6.59. The van der Waals surface area contributed by atoms with Crippen LogP contribution in [0.4, 0.5) is 0 Å². The second kappa shape index (κ2) is 5.19. The molecule has 3 rings (SSSR count). The van der Waals surface area contributed by atoms with Crippen LogP contribution in [0.3, 0.4) is 0 Å². The number of hydrogen-bond donors (Lipinski definition) is 0. The van der Waals surface area contributed by atoms with Crippen molar-refractivity contribution in [1.29, 1.82) is 0 Å².